The zero-order valence-electron chi connectivity index (χ0n) is 31.7. The molecule has 0 radical (unpaired) electrons. The molecule has 6 aromatic carbocycles. The minimum absolute atomic E-state index is 0.291. The van der Waals surface area contributed by atoms with Crippen LogP contribution in [0.1, 0.15) is 57.1 Å². The zero-order valence-corrected chi connectivity index (χ0v) is 31.7. The van der Waals surface area contributed by atoms with Gasteiger partial charge < -0.3 is 4.42 Å². The predicted molar refractivity (Wildman–Crippen MR) is 226 cm³/mol. The molecular weight excluding hydrogens is 685 g/mol. The van der Waals surface area contributed by atoms with Gasteiger partial charge in [-0.3, -0.25) is 0 Å². The first-order valence-corrected chi connectivity index (χ1v) is 19.9. The Labute approximate surface area is 327 Å². The van der Waals surface area contributed by atoms with Gasteiger partial charge in [0, 0.05) is 27.5 Å². The van der Waals surface area contributed by atoms with Crippen LogP contribution in [0.25, 0.3) is 78.4 Å². The van der Waals surface area contributed by atoms with E-state index < -0.39 is 0 Å². The maximum atomic E-state index is 9.53. The number of hydrogen-bond donors (Lipinski definition) is 0. The van der Waals surface area contributed by atoms with Gasteiger partial charge in [0.25, 0.3) is 0 Å². The molecule has 2 aliphatic rings. The quantitative estimate of drug-likeness (QED) is 0.170. The standard InChI is InChI=1S/C51H42N4O/c1-32-23-35-24-33(2)29-51(28-32,30-35)41-19-16-36(17-20-41)42-13-6-7-14-43(42)50-54-48(37-9-4-3-5-10-37)53-49(55-50)40-12-8-11-38(26-40)39-18-22-47-45(27-39)44-25-34(31-52)15-21-46(44)56-47/h3-22,25-27,32-33,35H,23-24,28-30H2,1-2H3/t32-,33+,35?,51?. The molecule has 8 aromatic rings. The molecule has 4 atom stereocenters. The zero-order chi connectivity index (χ0) is 37.8. The Bertz CT molecular complexity index is 2780. The molecule has 0 aliphatic heterocycles. The van der Waals surface area contributed by atoms with E-state index in [1.807, 2.05) is 48.5 Å². The number of benzene rings is 6. The lowest BCUT2D eigenvalue weighted by Crippen LogP contribution is -2.42. The van der Waals surface area contributed by atoms with Gasteiger partial charge in [0.1, 0.15) is 11.2 Å². The summed E-state index contributed by atoms with van der Waals surface area (Å²) >= 11 is 0. The Morgan fingerprint density at radius 2 is 1.12 bits per heavy atom. The van der Waals surface area contributed by atoms with E-state index >= 15 is 0 Å². The molecular formula is C51H42N4O. The highest BCUT2D eigenvalue weighted by Gasteiger charge is 2.45. The Balaban J connectivity index is 1.05. The lowest BCUT2D eigenvalue weighted by atomic mass is 9.54. The molecule has 56 heavy (non-hydrogen) atoms. The van der Waals surface area contributed by atoms with Crippen LogP contribution in [-0.4, -0.2) is 15.0 Å². The van der Waals surface area contributed by atoms with Crippen LogP contribution in [0.2, 0.25) is 0 Å². The second kappa shape index (κ2) is 13.7. The van der Waals surface area contributed by atoms with Gasteiger partial charge in [-0.25, -0.2) is 15.0 Å². The van der Waals surface area contributed by atoms with Gasteiger partial charge in [-0.05, 0) is 119 Å². The van der Waals surface area contributed by atoms with Crippen LogP contribution in [-0.2, 0) is 5.41 Å². The molecule has 5 heteroatoms. The lowest BCUT2D eigenvalue weighted by Gasteiger charge is -2.50. The van der Waals surface area contributed by atoms with Crippen molar-refractivity contribution in [3.05, 3.63) is 151 Å². The van der Waals surface area contributed by atoms with Crippen molar-refractivity contribution < 1.29 is 4.42 Å². The molecule has 272 valence electrons. The van der Waals surface area contributed by atoms with Crippen molar-refractivity contribution in [1.29, 1.82) is 5.26 Å². The fourth-order valence-electron chi connectivity index (χ4n) is 10.2. The Morgan fingerprint density at radius 1 is 0.536 bits per heavy atom. The molecule has 0 amide bonds. The molecule has 2 heterocycles. The highest BCUT2D eigenvalue weighted by atomic mass is 16.3. The summed E-state index contributed by atoms with van der Waals surface area (Å²) in [5.74, 6) is 4.28. The number of hydrogen-bond acceptors (Lipinski definition) is 5. The maximum absolute atomic E-state index is 9.53. The van der Waals surface area contributed by atoms with Crippen molar-refractivity contribution in [3.8, 4) is 62.5 Å². The normalized spacial score (nSPS) is 20.6. The van der Waals surface area contributed by atoms with Crippen LogP contribution in [0.3, 0.4) is 0 Å². The number of fused-ring (bicyclic) bond motifs is 5. The molecule has 2 unspecified atom stereocenters. The Kier molecular flexibility index (Phi) is 8.37. The third-order valence-corrected chi connectivity index (χ3v) is 12.3. The minimum atomic E-state index is 0.291. The molecule has 2 saturated carbocycles. The fraction of sp³-hybridized carbons (Fsp3) is 0.216. The van der Waals surface area contributed by atoms with Gasteiger partial charge in [-0.1, -0.05) is 117 Å². The van der Waals surface area contributed by atoms with Gasteiger partial charge in [-0.15, -0.1) is 0 Å². The van der Waals surface area contributed by atoms with E-state index in [2.05, 4.69) is 105 Å². The molecule has 0 spiro atoms. The van der Waals surface area contributed by atoms with Crippen molar-refractivity contribution in [2.45, 2.75) is 51.4 Å². The van der Waals surface area contributed by atoms with Crippen molar-refractivity contribution >= 4 is 21.9 Å². The first-order chi connectivity index (χ1) is 27.4. The van der Waals surface area contributed by atoms with Crippen molar-refractivity contribution in [1.82, 2.24) is 15.0 Å². The van der Waals surface area contributed by atoms with Crippen LogP contribution in [0.4, 0.5) is 0 Å². The van der Waals surface area contributed by atoms with Crippen LogP contribution < -0.4 is 0 Å². The molecule has 0 saturated heterocycles. The van der Waals surface area contributed by atoms with E-state index in [4.69, 9.17) is 19.4 Å². The van der Waals surface area contributed by atoms with Gasteiger partial charge in [0.05, 0.1) is 11.6 Å². The monoisotopic (exact) mass is 726 g/mol. The smallest absolute Gasteiger partial charge is 0.164 e. The summed E-state index contributed by atoms with van der Waals surface area (Å²) in [5.41, 5.74) is 11.1. The third-order valence-electron chi connectivity index (χ3n) is 12.3. The fourth-order valence-corrected chi connectivity index (χ4v) is 10.2. The van der Waals surface area contributed by atoms with E-state index in [0.717, 1.165) is 73.1 Å². The number of nitrogens with zero attached hydrogens (tertiary/aromatic N) is 4. The molecule has 5 nitrogen and oxygen atoms in total. The lowest BCUT2D eigenvalue weighted by molar-refractivity contribution is 0.0780. The minimum Gasteiger partial charge on any atom is -0.456 e. The summed E-state index contributed by atoms with van der Waals surface area (Å²) < 4.78 is 6.11. The summed E-state index contributed by atoms with van der Waals surface area (Å²) in [6.45, 7) is 4.91. The predicted octanol–water partition coefficient (Wildman–Crippen LogP) is 13.1. The van der Waals surface area contributed by atoms with Crippen LogP contribution in [0.5, 0.6) is 0 Å². The summed E-state index contributed by atoms with van der Waals surface area (Å²) in [6, 6.07) is 50.5. The van der Waals surface area contributed by atoms with Crippen molar-refractivity contribution in [2.24, 2.45) is 17.8 Å². The molecule has 10 rings (SSSR count). The average Bonchev–Trinajstić information content (AvgIpc) is 3.60. The van der Waals surface area contributed by atoms with Gasteiger partial charge in [-0.2, -0.15) is 5.26 Å². The van der Waals surface area contributed by atoms with E-state index in [-0.39, 0.29) is 0 Å². The SMILES string of the molecule is C[C@@H]1CC2C[C@H](C)CC(c3ccc(-c4ccccc4-c4nc(-c5ccccc5)nc(-c5cccc(-c6ccc7oc8ccc(C#N)cc8c7c6)c5)n4)cc3)(C2)C1. The first kappa shape index (κ1) is 34.1. The number of aromatic nitrogens is 3. The van der Waals surface area contributed by atoms with E-state index in [1.54, 1.807) is 6.07 Å². The van der Waals surface area contributed by atoms with Crippen LogP contribution >= 0.6 is 0 Å². The largest absolute Gasteiger partial charge is 0.456 e. The van der Waals surface area contributed by atoms with Crippen LogP contribution in [0, 0.1) is 29.1 Å². The molecule has 0 N–H and O–H groups in total. The van der Waals surface area contributed by atoms with Crippen molar-refractivity contribution in [2.75, 3.05) is 0 Å². The summed E-state index contributed by atoms with van der Waals surface area (Å²) in [6.07, 6.45) is 6.67. The van der Waals surface area contributed by atoms with Gasteiger partial charge in [0.15, 0.2) is 17.5 Å². The number of nitriles is 1. The van der Waals surface area contributed by atoms with Crippen LogP contribution in [0.15, 0.2) is 144 Å². The molecule has 2 bridgehead atoms. The van der Waals surface area contributed by atoms with Crippen molar-refractivity contribution in [3.63, 3.8) is 0 Å². The second-order valence-corrected chi connectivity index (χ2v) is 16.5. The highest BCUT2D eigenvalue weighted by molar-refractivity contribution is 6.06. The Hall–Kier alpha value is -6.38. The average molecular weight is 727 g/mol. The topological polar surface area (TPSA) is 75.6 Å². The number of rotatable bonds is 6. The van der Waals surface area contributed by atoms with E-state index in [9.17, 15) is 5.26 Å². The van der Waals surface area contributed by atoms with Gasteiger partial charge in [0.2, 0.25) is 0 Å². The number of furan rings is 1. The van der Waals surface area contributed by atoms with E-state index in [1.165, 1.54) is 43.2 Å². The van der Waals surface area contributed by atoms with Gasteiger partial charge >= 0.3 is 0 Å². The maximum Gasteiger partial charge on any atom is 0.164 e. The molecule has 2 aliphatic carbocycles. The molecule has 2 fully saturated rings. The first-order valence-electron chi connectivity index (χ1n) is 19.9. The second-order valence-electron chi connectivity index (χ2n) is 16.5. The summed E-state index contributed by atoms with van der Waals surface area (Å²) in [4.78, 5) is 15.4. The van der Waals surface area contributed by atoms with E-state index in [0.29, 0.717) is 28.5 Å². The summed E-state index contributed by atoms with van der Waals surface area (Å²) in [7, 11) is 0. The third kappa shape index (κ3) is 6.16. The summed E-state index contributed by atoms with van der Waals surface area (Å²) in [5, 5.41) is 11.4. The highest BCUT2D eigenvalue weighted by Crippen LogP contribution is 2.54. The Morgan fingerprint density at radius 3 is 1.88 bits per heavy atom. The molecule has 2 aromatic heterocycles.